The predicted octanol–water partition coefficient (Wildman–Crippen LogP) is 2.88. The lowest BCUT2D eigenvalue weighted by Gasteiger charge is -2.34. The molecule has 1 aliphatic heterocycles. The minimum absolute atomic E-state index is 0.117. The molecule has 1 aliphatic rings. The van der Waals surface area contributed by atoms with Gasteiger partial charge >= 0.3 is 0 Å². The molecule has 0 saturated carbocycles. The molecule has 0 unspecified atom stereocenters. The second kappa shape index (κ2) is 9.93. The van der Waals surface area contributed by atoms with Gasteiger partial charge in [0.05, 0.1) is 10.6 Å². The topological polar surface area (TPSA) is 95.7 Å². The van der Waals surface area contributed by atoms with Gasteiger partial charge in [-0.05, 0) is 42.5 Å². The van der Waals surface area contributed by atoms with Crippen LogP contribution in [0.2, 0.25) is 10.0 Å². The first-order chi connectivity index (χ1) is 14.3. The molecule has 1 saturated heterocycles. The van der Waals surface area contributed by atoms with Gasteiger partial charge in [0.25, 0.3) is 5.91 Å². The maximum atomic E-state index is 12.7. The summed E-state index contributed by atoms with van der Waals surface area (Å²) in [5.41, 5.74) is 6.64. The van der Waals surface area contributed by atoms with Crippen LogP contribution in [0.15, 0.2) is 42.5 Å². The monoisotopic (exact) mass is 448 g/mol. The maximum Gasteiger partial charge on any atom is 0.255 e. The highest BCUT2D eigenvalue weighted by Crippen LogP contribution is 2.23. The van der Waals surface area contributed by atoms with Crippen LogP contribution in [0.5, 0.6) is 0 Å². The van der Waals surface area contributed by atoms with Gasteiger partial charge in [0, 0.05) is 55.4 Å². The van der Waals surface area contributed by atoms with E-state index in [0.717, 1.165) is 0 Å². The number of halogens is 2. The molecule has 2 aromatic rings. The number of primary amides is 1. The van der Waals surface area contributed by atoms with E-state index in [0.29, 0.717) is 66.0 Å². The molecule has 3 rings (SSSR count). The molecular weight excluding hydrogens is 427 g/mol. The van der Waals surface area contributed by atoms with Crippen molar-refractivity contribution in [3.05, 3.63) is 63.6 Å². The van der Waals surface area contributed by atoms with Gasteiger partial charge in [0.1, 0.15) is 0 Å². The number of carbonyl (C=O) groups excluding carboxylic acids is 3. The summed E-state index contributed by atoms with van der Waals surface area (Å²) in [6.45, 7) is 3.08. The van der Waals surface area contributed by atoms with Gasteiger partial charge in [-0.25, -0.2) is 0 Å². The van der Waals surface area contributed by atoms with Crippen LogP contribution in [0.4, 0.5) is 5.69 Å². The zero-order valence-corrected chi connectivity index (χ0v) is 17.7. The molecule has 3 N–H and O–H groups in total. The normalized spacial score (nSPS) is 14.4. The van der Waals surface area contributed by atoms with E-state index in [4.69, 9.17) is 28.9 Å². The first kappa shape index (κ1) is 22.1. The number of hydrogen-bond donors (Lipinski definition) is 2. The number of nitrogens with one attached hydrogen (secondary N) is 1. The quantitative estimate of drug-likeness (QED) is 0.709. The van der Waals surface area contributed by atoms with Gasteiger partial charge in [-0.3, -0.25) is 19.3 Å². The number of benzene rings is 2. The second-order valence-electron chi connectivity index (χ2n) is 7.00. The van der Waals surface area contributed by atoms with Gasteiger partial charge < -0.3 is 16.0 Å². The lowest BCUT2D eigenvalue weighted by Crippen LogP contribution is -2.49. The molecule has 2 aromatic carbocycles. The van der Waals surface area contributed by atoms with E-state index in [-0.39, 0.29) is 11.8 Å². The lowest BCUT2D eigenvalue weighted by atomic mass is 10.1. The molecule has 0 aromatic heterocycles. The summed E-state index contributed by atoms with van der Waals surface area (Å²) >= 11 is 12.0. The van der Waals surface area contributed by atoms with Crippen molar-refractivity contribution in [2.75, 3.05) is 38.0 Å². The fourth-order valence-corrected chi connectivity index (χ4v) is 3.70. The highest BCUT2D eigenvalue weighted by Gasteiger charge is 2.23. The van der Waals surface area contributed by atoms with Gasteiger partial charge in [-0.1, -0.05) is 23.2 Å². The van der Waals surface area contributed by atoms with Gasteiger partial charge in [-0.15, -0.1) is 0 Å². The van der Waals surface area contributed by atoms with Crippen molar-refractivity contribution in [2.24, 2.45) is 5.73 Å². The highest BCUT2D eigenvalue weighted by molar-refractivity contribution is 6.36. The molecule has 1 fully saturated rings. The Kier molecular flexibility index (Phi) is 7.31. The Morgan fingerprint density at radius 2 is 1.63 bits per heavy atom. The molecule has 7 nitrogen and oxygen atoms in total. The summed E-state index contributed by atoms with van der Waals surface area (Å²) in [5.74, 6) is -0.745. The number of carbonyl (C=O) groups is 3. The molecule has 0 atom stereocenters. The van der Waals surface area contributed by atoms with Crippen molar-refractivity contribution in [1.29, 1.82) is 0 Å². The van der Waals surface area contributed by atoms with Gasteiger partial charge in [0.2, 0.25) is 11.8 Å². The zero-order valence-electron chi connectivity index (χ0n) is 16.2. The van der Waals surface area contributed by atoms with Crippen LogP contribution in [0.1, 0.15) is 27.1 Å². The van der Waals surface area contributed by atoms with E-state index in [9.17, 15) is 14.4 Å². The number of nitrogens with two attached hydrogens (primary N) is 1. The number of nitrogens with zero attached hydrogens (tertiary/aromatic N) is 2. The van der Waals surface area contributed by atoms with E-state index in [1.54, 1.807) is 47.4 Å². The lowest BCUT2D eigenvalue weighted by molar-refractivity contribution is -0.116. The molecule has 1 heterocycles. The molecule has 0 spiro atoms. The number of rotatable bonds is 6. The Hall–Kier alpha value is -2.61. The van der Waals surface area contributed by atoms with Crippen molar-refractivity contribution < 1.29 is 14.4 Å². The molecule has 9 heteroatoms. The largest absolute Gasteiger partial charge is 0.366 e. The summed E-state index contributed by atoms with van der Waals surface area (Å²) in [4.78, 5) is 39.8. The molecule has 0 bridgehead atoms. The van der Waals surface area contributed by atoms with Gasteiger partial charge in [-0.2, -0.15) is 0 Å². The van der Waals surface area contributed by atoms with Crippen LogP contribution >= 0.6 is 23.2 Å². The van der Waals surface area contributed by atoms with Crippen LogP contribution in [-0.4, -0.2) is 60.2 Å². The maximum absolute atomic E-state index is 12.7. The van der Waals surface area contributed by atoms with E-state index in [1.807, 2.05) is 0 Å². The van der Waals surface area contributed by atoms with Crippen LogP contribution < -0.4 is 11.1 Å². The number of anilines is 1. The Bertz CT molecular complexity index is 942. The molecule has 0 radical (unpaired) electrons. The van der Waals surface area contributed by atoms with E-state index in [1.165, 1.54) is 0 Å². The fourth-order valence-electron chi connectivity index (χ4n) is 3.21. The SMILES string of the molecule is NC(=O)c1ccc(NC(=O)CCN2CCN(C(=O)c3ccc(Cl)cc3Cl)CC2)cc1. The molecular formula is C21H22Cl2N4O3. The number of piperazine rings is 1. The summed E-state index contributed by atoms with van der Waals surface area (Å²) in [6.07, 6.45) is 0.328. The van der Waals surface area contributed by atoms with Crippen LogP contribution in [0.3, 0.4) is 0 Å². The average Bonchev–Trinajstić information content (AvgIpc) is 2.72. The average molecular weight is 449 g/mol. The standard InChI is InChI=1S/C21H22Cl2N4O3/c22-15-3-6-17(18(23)13-15)21(30)27-11-9-26(10-12-27)8-7-19(28)25-16-4-1-14(2-5-16)20(24)29/h1-6,13H,7-12H2,(H2,24,29)(H,25,28). The van der Waals surface area contributed by atoms with Crippen molar-refractivity contribution in [3.63, 3.8) is 0 Å². The third kappa shape index (κ3) is 5.72. The van der Waals surface area contributed by atoms with E-state index in [2.05, 4.69) is 10.2 Å². The highest BCUT2D eigenvalue weighted by atomic mass is 35.5. The summed E-state index contributed by atoms with van der Waals surface area (Å²) in [6, 6.07) is 11.3. The Morgan fingerprint density at radius 1 is 0.967 bits per heavy atom. The summed E-state index contributed by atoms with van der Waals surface area (Å²) in [5, 5.41) is 3.63. The van der Waals surface area contributed by atoms with Crippen molar-refractivity contribution in [1.82, 2.24) is 9.80 Å². The van der Waals surface area contributed by atoms with E-state index >= 15 is 0 Å². The first-order valence-electron chi connectivity index (χ1n) is 9.50. The predicted molar refractivity (Wildman–Crippen MR) is 117 cm³/mol. The van der Waals surface area contributed by atoms with Crippen molar-refractivity contribution in [2.45, 2.75) is 6.42 Å². The van der Waals surface area contributed by atoms with Crippen LogP contribution in [0, 0.1) is 0 Å². The summed E-state index contributed by atoms with van der Waals surface area (Å²) in [7, 11) is 0. The Balaban J connectivity index is 1.43. The number of hydrogen-bond acceptors (Lipinski definition) is 4. The van der Waals surface area contributed by atoms with Crippen molar-refractivity contribution in [3.8, 4) is 0 Å². The smallest absolute Gasteiger partial charge is 0.255 e. The molecule has 0 aliphatic carbocycles. The van der Waals surface area contributed by atoms with Crippen LogP contribution in [0.25, 0.3) is 0 Å². The second-order valence-corrected chi connectivity index (χ2v) is 7.84. The number of amides is 3. The third-order valence-electron chi connectivity index (χ3n) is 4.93. The summed E-state index contributed by atoms with van der Waals surface area (Å²) < 4.78 is 0. The Morgan fingerprint density at radius 3 is 2.23 bits per heavy atom. The molecule has 30 heavy (non-hydrogen) atoms. The van der Waals surface area contributed by atoms with Crippen LogP contribution in [-0.2, 0) is 4.79 Å². The van der Waals surface area contributed by atoms with E-state index < -0.39 is 5.91 Å². The zero-order chi connectivity index (χ0) is 21.7. The molecule has 158 valence electrons. The van der Waals surface area contributed by atoms with Crippen molar-refractivity contribution >= 4 is 46.6 Å². The Labute approximate surface area is 184 Å². The van der Waals surface area contributed by atoms with Gasteiger partial charge in [0.15, 0.2) is 0 Å². The minimum Gasteiger partial charge on any atom is -0.366 e. The molecule has 3 amide bonds. The fraction of sp³-hybridized carbons (Fsp3) is 0.286. The third-order valence-corrected chi connectivity index (χ3v) is 5.48. The first-order valence-corrected chi connectivity index (χ1v) is 10.3. The minimum atomic E-state index is -0.510.